The van der Waals surface area contributed by atoms with Gasteiger partial charge in [-0.3, -0.25) is 4.79 Å². The molecular weight excluding hydrogens is 665 g/mol. The highest BCUT2D eigenvalue weighted by molar-refractivity contribution is 8.18. The molecule has 47 heavy (non-hydrogen) atoms. The second kappa shape index (κ2) is 13.0. The van der Waals surface area contributed by atoms with Crippen molar-refractivity contribution in [2.45, 2.75) is 25.1 Å². The van der Waals surface area contributed by atoms with Crippen LogP contribution in [-0.4, -0.2) is 49.3 Å². The van der Waals surface area contributed by atoms with Crippen molar-refractivity contribution < 1.29 is 53.8 Å². The molecule has 0 atom stereocenters. The van der Waals surface area contributed by atoms with Gasteiger partial charge in [-0.05, 0) is 71.9 Å². The number of methoxy groups -OCH3 is 1. The predicted molar refractivity (Wildman–Crippen MR) is 157 cm³/mol. The number of amides is 1. The van der Waals surface area contributed by atoms with E-state index in [0.717, 1.165) is 23.9 Å². The van der Waals surface area contributed by atoms with E-state index >= 15 is 0 Å². The molecule has 1 saturated heterocycles. The van der Waals surface area contributed by atoms with E-state index in [1.807, 2.05) is 9.80 Å². The number of carbonyl (C=O) groups excluding carboxylic acids is 1. The van der Waals surface area contributed by atoms with E-state index in [1.54, 1.807) is 6.08 Å². The van der Waals surface area contributed by atoms with Crippen molar-refractivity contribution in [1.82, 2.24) is 4.90 Å². The maximum absolute atomic E-state index is 13.5. The molecule has 3 aromatic carbocycles. The summed E-state index contributed by atoms with van der Waals surface area (Å²) >= 11 is 1.14. The summed E-state index contributed by atoms with van der Waals surface area (Å²) in [6.07, 6.45) is -12.9. The van der Waals surface area contributed by atoms with Crippen LogP contribution in [0.3, 0.4) is 0 Å². The standard InChI is InChI=1S/C31H24F9N3O3S/c1-45-25-14-18(2-9-24(25)46-17-19-3-4-21(30(35,36)37)16-23(19)31(38,39)40)15-26-27(44)41-28(47-26)43-12-10-42(11-13-43)22-7-5-20(6-8-22)29(32,33)34/h2-9,14-16H,10-13,17H2,1H3/b26-15-. The Morgan fingerprint density at radius 2 is 1.38 bits per heavy atom. The highest BCUT2D eigenvalue weighted by Crippen LogP contribution is 2.39. The lowest BCUT2D eigenvalue weighted by atomic mass is 10.0. The van der Waals surface area contributed by atoms with Crippen molar-refractivity contribution in [3.63, 3.8) is 0 Å². The van der Waals surface area contributed by atoms with Crippen LogP contribution in [-0.2, 0) is 29.9 Å². The molecule has 2 aliphatic heterocycles. The number of amidine groups is 1. The lowest BCUT2D eigenvalue weighted by Gasteiger charge is -2.36. The largest absolute Gasteiger partial charge is 0.493 e. The molecule has 2 aliphatic rings. The van der Waals surface area contributed by atoms with Crippen LogP contribution in [0.5, 0.6) is 11.5 Å². The molecule has 5 rings (SSSR count). The van der Waals surface area contributed by atoms with Gasteiger partial charge in [0, 0.05) is 37.4 Å². The maximum atomic E-state index is 13.5. The Morgan fingerprint density at radius 1 is 0.766 bits per heavy atom. The summed E-state index contributed by atoms with van der Waals surface area (Å²) in [6.45, 7) is 1.24. The average molecular weight is 690 g/mol. The van der Waals surface area contributed by atoms with Crippen LogP contribution in [0.4, 0.5) is 45.2 Å². The summed E-state index contributed by atoms with van der Waals surface area (Å²) in [6, 6.07) is 10.6. The van der Waals surface area contributed by atoms with Gasteiger partial charge in [0.1, 0.15) is 6.61 Å². The summed E-state index contributed by atoms with van der Waals surface area (Å²) in [7, 11) is 1.29. The minimum Gasteiger partial charge on any atom is -0.493 e. The molecule has 3 aromatic rings. The minimum absolute atomic E-state index is 0.0240. The topological polar surface area (TPSA) is 54.4 Å². The van der Waals surface area contributed by atoms with Crippen LogP contribution in [0.15, 0.2) is 70.6 Å². The first-order valence-corrected chi connectivity index (χ1v) is 14.6. The smallest absolute Gasteiger partial charge is 0.416 e. The molecule has 2 heterocycles. The fourth-order valence-corrected chi connectivity index (χ4v) is 5.86. The molecule has 0 N–H and O–H groups in total. The number of ether oxygens (including phenoxy) is 2. The summed E-state index contributed by atoms with van der Waals surface area (Å²) in [5.74, 6) is -0.358. The number of piperazine rings is 1. The Bertz CT molecular complexity index is 1690. The van der Waals surface area contributed by atoms with Gasteiger partial charge in [-0.2, -0.15) is 44.5 Å². The van der Waals surface area contributed by atoms with Crippen LogP contribution in [0.25, 0.3) is 6.08 Å². The lowest BCUT2D eigenvalue weighted by Crippen LogP contribution is -2.47. The van der Waals surface area contributed by atoms with Crippen LogP contribution < -0.4 is 14.4 Å². The first-order chi connectivity index (χ1) is 22.0. The van der Waals surface area contributed by atoms with Gasteiger partial charge in [-0.1, -0.05) is 12.1 Å². The predicted octanol–water partition coefficient (Wildman–Crippen LogP) is 8.12. The van der Waals surface area contributed by atoms with E-state index in [9.17, 15) is 44.3 Å². The quantitative estimate of drug-likeness (QED) is 0.193. The van der Waals surface area contributed by atoms with Crippen LogP contribution >= 0.6 is 11.8 Å². The minimum atomic E-state index is -5.05. The molecule has 0 radical (unpaired) electrons. The molecule has 1 fully saturated rings. The van der Waals surface area contributed by atoms with E-state index in [-0.39, 0.29) is 17.6 Å². The monoisotopic (exact) mass is 689 g/mol. The van der Waals surface area contributed by atoms with Crippen molar-refractivity contribution >= 4 is 34.6 Å². The fraction of sp³-hybridized carbons (Fsp3) is 0.290. The molecular formula is C31H24F9N3O3S. The molecule has 6 nitrogen and oxygen atoms in total. The average Bonchev–Trinajstić information content (AvgIpc) is 3.38. The van der Waals surface area contributed by atoms with Crippen LogP contribution in [0.2, 0.25) is 0 Å². The number of benzene rings is 3. The van der Waals surface area contributed by atoms with Crippen molar-refractivity contribution in [1.29, 1.82) is 0 Å². The van der Waals surface area contributed by atoms with E-state index < -0.39 is 53.3 Å². The maximum Gasteiger partial charge on any atom is 0.416 e. The Hall–Kier alpha value is -4.34. The second-order valence-electron chi connectivity index (χ2n) is 10.4. The first kappa shape index (κ1) is 34.0. The van der Waals surface area contributed by atoms with Crippen molar-refractivity contribution in [2.75, 3.05) is 38.2 Å². The lowest BCUT2D eigenvalue weighted by molar-refractivity contribution is -0.143. The normalized spacial score (nSPS) is 16.9. The van der Waals surface area contributed by atoms with E-state index in [1.165, 1.54) is 37.4 Å². The summed E-state index contributed by atoms with van der Waals surface area (Å²) < 4.78 is 129. The SMILES string of the molecule is COc1cc(/C=C2\SC(N3CCN(c4ccc(C(F)(F)F)cc4)CC3)=NC2=O)ccc1OCc1ccc(C(F)(F)F)cc1C(F)(F)F. The zero-order valence-electron chi connectivity index (χ0n) is 24.3. The third-order valence-electron chi connectivity index (χ3n) is 7.33. The number of thioether (sulfide) groups is 1. The van der Waals surface area contributed by atoms with Gasteiger partial charge < -0.3 is 19.3 Å². The van der Waals surface area contributed by atoms with Gasteiger partial charge in [-0.25, -0.2) is 0 Å². The molecule has 0 aromatic heterocycles. The first-order valence-electron chi connectivity index (χ1n) is 13.8. The number of rotatable bonds is 6. The molecule has 0 unspecified atom stereocenters. The summed E-state index contributed by atoms with van der Waals surface area (Å²) in [4.78, 5) is 21.0. The van der Waals surface area contributed by atoms with Gasteiger partial charge in [0.05, 0.1) is 28.7 Å². The Morgan fingerprint density at radius 3 is 1.98 bits per heavy atom. The third-order valence-corrected chi connectivity index (χ3v) is 8.37. The number of aliphatic imine (C=N–C) groups is 1. The molecule has 1 amide bonds. The number of anilines is 1. The van der Waals surface area contributed by atoms with Crippen molar-refractivity contribution in [3.05, 3.63) is 93.4 Å². The van der Waals surface area contributed by atoms with Gasteiger partial charge in [0.25, 0.3) is 5.91 Å². The zero-order valence-corrected chi connectivity index (χ0v) is 25.1. The number of nitrogens with zero attached hydrogens (tertiary/aromatic N) is 3. The molecule has 0 aliphatic carbocycles. The van der Waals surface area contributed by atoms with Gasteiger partial charge in [0.2, 0.25) is 0 Å². The second-order valence-corrected chi connectivity index (χ2v) is 11.4. The van der Waals surface area contributed by atoms with E-state index in [2.05, 4.69) is 4.99 Å². The number of hydrogen-bond acceptors (Lipinski definition) is 6. The number of hydrogen-bond donors (Lipinski definition) is 0. The number of alkyl halides is 9. The highest BCUT2D eigenvalue weighted by Gasteiger charge is 2.38. The number of carbonyl (C=O) groups is 1. The van der Waals surface area contributed by atoms with Gasteiger partial charge in [-0.15, -0.1) is 0 Å². The Balaban J connectivity index is 1.22. The molecule has 0 saturated carbocycles. The molecule has 250 valence electrons. The third kappa shape index (κ3) is 7.97. The molecule has 0 bridgehead atoms. The van der Waals surface area contributed by atoms with Crippen LogP contribution in [0.1, 0.15) is 27.8 Å². The Labute approximate surface area is 266 Å². The van der Waals surface area contributed by atoms with Crippen molar-refractivity contribution in [3.8, 4) is 11.5 Å². The highest BCUT2D eigenvalue weighted by atomic mass is 32.2. The Kier molecular flexibility index (Phi) is 9.44. The molecule has 0 spiro atoms. The van der Waals surface area contributed by atoms with Gasteiger partial charge in [0.15, 0.2) is 16.7 Å². The van der Waals surface area contributed by atoms with E-state index in [4.69, 9.17) is 9.47 Å². The summed E-state index contributed by atoms with van der Waals surface area (Å²) in [5.41, 5.74) is -3.00. The van der Waals surface area contributed by atoms with Crippen LogP contribution in [0, 0.1) is 0 Å². The summed E-state index contributed by atoms with van der Waals surface area (Å²) in [5, 5.41) is 0.470. The fourth-order valence-electron chi connectivity index (χ4n) is 4.89. The molecule has 16 heteroatoms. The zero-order chi connectivity index (χ0) is 34.1. The number of halogens is 9. The van der Waals surface area contributed by atoms with Gasteiger partial charge >= 0.3 is 18.5 Å². The van der Waals surface area contributed by atoms with Crippen molar-refractivity contribution in [2.24, 2.45) is 4.99 Å². The van der Waals surface area contributed by atoms with E-state index in [0.29, 0.717) is 59.6 Å².